The Morgan fingerprint density at radius 2 is 1.71 bits per heavy atom. The lowest BCUT2D eigenvalue weighted by Crippen LogP contribution is -2.45. The molecular weight excluding hydrogens is 238 g/mol. The molecule has 0 aliphatic carbocycles. The van der Waals surface area contributed by atoms with Gasteiger partial charge >= 0.3 is 8.80 Å². The smallest absolute Gasteiger partial charge is 0.377 e. The minimum atomic E-state index is -2.55. The average molecular weight is 265 g/mol. The van der Waals surface area contributed by atoms with Crippen molar-refractivity contribution in [1.29, 1.82) is 0 Å². The van der Waals surface area contributed by atoms with Crippen molar-refractivity contribution in [2.24, 2.45) is 17.2 Å². The van der Waals surface area contributed by atoms with Crippen LogP contribution in [0.5, 0.6) is 0 Å². The molecule has 0 aromatic heterocycles. The molecule has 0 heterocycles. The second kappa shape index (κ2) is 9.95. The van der Waals surface area contributed by atoms with Gasteiger partial charge in [-0.3, -0.25) is 0 Å². The molecule has 6 N–H and O–H groups in total. The molecule has 7 heteroatoms. The van der Waals surface area contributed by atoms with Gasteiger partial charge < -0.3 is 30.5 Å². The van der Waals surface area contributed by atoms with E-state index in [1.165, 1.54) is 0 Å². The van der Waals surface area contributed by atoms with E-state index in [0.717, 1.165) is 19.3 Å². The maximum Gasteiger partial charge on any atom is 0.500 e. The molecule has 0 aliphatic heterocycles. The van der Waals surface area contributed by atoms with E-state index < -0.39 is 8.80 Å². The Labute approximate surface area is 105 Å². The van der Waals surface area contributed by atoms with Gasteiger partial charge in [0.2, 0.25) is 0 Å². The third-order valence-corrected chi connectivity index (χ3v) is 5.44. The summed E-state index contributed by atoms with van der Waals surface area (Å²) in [6.07, 6.45) is 2.41. The first-order valence-electron chi connectivity index (χ1n) is 6.04. The SMILES string of the molecule is CO[Si](CCC(N)CCN)(OC)OCCCN. The van der Waals surface area contributed by atoms with Crippen LogP contribution in [-0.2, 0) is 13.3 Å². The fraction of sp³-hybridized carbons (Fsp3) is 1.00. The van der Waals surface area contributed by atoms with Crippen LogP contribution in [0.3, 0.4) is 0 Å². The normalized spacial score (nSPS) is 13.9. The number of rotatable bonds is 11. The minimum Gasteiger partial charge on any atom is -0.377 e. The highest BCUT2D eigenvalue weighted by molar-refractivity contribution is 6.60. The summed E-state index contributed by atoms with van der Waals surface area (Å²) in [5.41, 5.74) is 16.8. The Morgan fingerprint density at radius 1 is 1.06 bits per heavy atom. The molecule has 0 aromatic carbocycles. The monoisotopic (exact) mass is 265 g/mol. The van der Waals surface area contributed by atoms with E-state index in [4.69, 9.17) is 30.5 Å². The molecule has 6 nitrogen and oxygen atoms in total. The van der Waals surface area contributed by atoms with Gasteiger partial charge in [-0.05, 0) is 32.4 Å². The summed E-state index contributed by atoms with van der Waals surface area (Å²) in [5.74, 6) is 0. The van der Waals surface area contributed by atoms with Crippen LogP contribution in [0, 0.1) is 0 Å². The highest BCUT2D eigenvalue weighted by Crippen LogP contribution is 2.17. The summed E-state index contributed by atoms with van der Waals surface area (Å²) in [6, 6.07) is 0.793. The van der Waals surface area contributed by atoms with E-state index in [1.54, 1.807) is 14.2 Å². The standard InChI is InChI=1S/C10H27N3O3Si/c1-14-17(15-2,16-8-3-6-11)9-5-10(13)4-7-12/h10H,3-9,11-13H2,1-2H3. The summed E-state index contributed by atoms with van der Waals surface area (Å²) >= 11 is 0. The second-order valence-corrected chi connectivity index (χ2v) is 6.93. The average Bonchev–Trinajstić information content (AvgIpc) is 2.34. The maximum absolute atomic E-state index is 5.91. The van der Waals surface area contributed by atoms with E-state index in [1.807, 2.05) is 0 Å². The van der Waals surface area contributed by atoms with E-state index in [-0.39, 0.29) is 6.04 Å². The molecule has 1 unspecified atom stereocenters. The van der Waals surface area contributed by atoms with Crippen LogP contribution in [-0.4, -0.2) is 48.8 Å². The van der Waals surface area contributed by atoms with Crippen molar-refractivity contribution in [3.63, 3.8) is 0 Å². The Hall–Kier alpha value is -0.0231. The zero-order valence-electron chi connectivity index (χ0n) is 11.0. The lowest BCUT2D eigenvalue weighted by Gasteiger charge is -2.27. The lowest BCUT2D eigenvalue weighted by molar-refractivity contribution is 0.0965. The van der Waals surface area contributed by atoms with Crippen molar-refractivity contribution in [2.75, 3.05) is 33.9 Å². The fourth-order valence-corrected chi connectivity index (χ4v) is 3.64. The van der Waals surface area contributed by atoms with Gasteiger partial charge in [0.05, 0.1) is 0 Å². The highest BCUT2D eigenvalue weighted by atomic mass is 28.4. The zero-order chi connectivity index (χ0) is 13.1. The molecule has 0 radical (unpaired) electrons. The number of hydrogen-bond acceptors (Lipinski definition) is 6. The maximum atomic E-state index is 5.91. The predicted molar refractivity (Wildman–Crippen MR) is 70.5 cm³/mol. The van der Waals surface area contributed by atoms with Crippen molar-refractivity contribution in [3.8, 4) is 0 Å². The molecular formula is C10H27N3O3Si. The van der Waals surface area contributed by atoms with Gasteiger partial charge in [-0.2, -0.15) is 0 Å². The van der Waals surface area contributed by atoms with Gasteiger partial charge in [-0.15, -0.1) is 0 Å². The van der Waals surface area contributed by atoms with Gasteiger partial charge in [-0.25, -0.2) is 0 Å². The quantitative estimate of drug-likeness (QED) is 0.348. The summed E-state index contributed by atoms with van der Waals surface area (Å²) in [6.45, 7) is 1.77. The van der Waals surface area contributed by atoms with Crippen molar-refractivity contribution in [1.82, 2.24) is 0 Å². The van der Waals surface area contributed by atoms with Crippen LogP contribution in [0.25, 0.3) is 0 Å². The largest absolute Gasteiger partial charge is 0.500 e. The third kappa shape index (κ3) is 7.09. The first-order chi connectivity index (χ1) is 8.14. The minimum absolute atomic E-state index is 0.0790. The molecule has 17 heavy (non-hydrogen) atoms. The van der Waals surface area contributed by atoms with Crippen LogP contribution < -0.4 is 17.2 Å². The Balaban J connectivity index is 4.09. The number of hydrogen-bond donors (Lipinski definition) is 3. The predicted octanol–water partition coefficient (Wildman–Crippen LogP) is -0.350. The summed E-state index contributed by atoms with van der Waals surface area (Å²) in [5, 5.41) is 0. The van der Waals surface area contributed by atoms with Gasteiger partial charge in [-0.1, -0.05) is 0 Å². The molecule has 0 bridgehead atoms. The first kappa shape index (κ1) is 17.0. The van der Waals surface area contributed by atoms with Crippen LogP contribution in [0.2, 0.25) is 6.04 Å². The molecule has 0 aliphatic rings. The van der Waals surface area contributed by atoms with Gasteiger partial charge in [0.1, 0.15) is 0 Å². The molecule has 0 saturated carbocycles. The van der Waals surface area contributed by atoms with Crippen LogP contribution in [0.1, 0.15) is 19.3 Å². The summed E-state index contributed by atoms with van der Waals surface area (Å²) in [7, 11) is 0.687. The molecule has 104 valence electrons. The Morgan fingerprint density at radius 3 is 2.18 bits per heavy atom. The Kier molecular flexibility index (Phi) is 9.94. The van der Waals surface area contributed by atoms with Crippen molar-refractivity contribution in [2.45, 2.75) is 31.3 Å². The topological polar surface area (TPSA) is 106 Å². The van der Waals surface area contributed by atoms with Crippen LogP contribution in [0.15, 0.2) is 0 Å². The van der Waals surface area contributed by atoms with E-state index in [0.29, 0.717) is 25.7 Å². The van der Waals surface area contributed by atoms with Gasteiger partial charge in [0, 0.05) is 32.9 Å². The molecule has 0 spiro atoms. The fourth-order valence-electron chi connectivity index (χ4n) is 1.51. The van der Waals surface area contributed by atoms with Crippen molar-refractivity contribution >= 4 is 8.80 Å². The summed E-state index contributed by atoms with van der Waals surface area (Å²) < 4.78 is 16.6. The van der Waals surface area contributed by atoms with E-state index >= 15 is 0 Å². The van der Waals surface area contributed by atoms with E-state index in [2.05, 4.69) is 0 Å². The Bertz CT molecular complexity index is 182. The van der Waals surface area contributed by atoms with Crippen LogP contribution in [0.4, 0.5) is 0 Å². The molecule has 1 atom stereocenters. The molecule has 0 saturated heterocycles. The zero-order valence-corrected chi connectivity index (χ0v) is 12.0. The summed E-state index contributed by atoms with van der Waals surface area (Å²) in [4.78, 5) is 0. The van der Waals surface area contributed by atoms with Crippen molar-refractivity contribution in [3.05, 3.63) is 0 Å². The molecule has 0 rings (SSSR count). The number of nitrogens with two attached hydrogens (primary N) is 3. The lowest BCUT2D eigenvalue weighted by atomic mass is 10.2. The highest BCUT2D eigenvalue weighted by Gasteiger charge is 2.38. The van der Waals surface area contributed by atoms with Crippen LogP contribution >= 0.6 is 0 Å². The molecule has 0 fully saturated rings. The first-order valence-corrected chi connectivity index (χ1v) is 7.97. The van der Waals surface area contributed by atoms with Crippen molar-refractivity contribution < 1.29 is 13.3 Å². The molecule has 0 aromatic rings. The van der Waals surface area contributed by atoms with Gasteiger partial charge in [0.25, 0.3) is 0 Å². The van der Waals surface area contributed by atoms with Gasteiger partial charge in [0.15, 0.2) is 0 Å². The second-order valence-electron chi connectivity index (χ2n) is 3.96. The van der Waals surface area contributed by atoms with E-state index in [9.17, 15) is 0 Å². The third-order valence-electron chi connectivity index (χ3n) is 2.65. The molecule has 0 amide bonds.